The van der Waals surface area contributed by atoms with Crippen LogP contribution in [0.5, 0.6) is 0 Å². The Bertz CT molecular complexity index is 642. The number of aromatic nitrogens is 2. The van der Waals surface area contributed by atoms with Crippen LogP contribution >= 0.6 is 11.3 Å². The summed E-state index contributed by atoms with van der Waals surface area (Å²) in [7, 11) is -1.68. The molecule has 0 radical (unpaired) electrons. The van der Waals surface area contributed by atoms with Gasteiger partial charge in [0.25, 0.3) is 10.0 Å². The number of nitrogens with zero attached hydrogens (tertiary/aromatic N) is 4. The molecule has 22 heavy (non-hydrogen) atoms. The molecule has 1 aliphatic heterocycles. The number of carbonyl (C=O) groups is 1. The smallest absolute Gasteiger partial charge is 0.272 e. The van der Waals surface area contributed by atoms with E-state index in [1.54, 1.807) is 20.8 Å². The van der Waals surface area contributed by atoms with E-state index in [2.05, 4.69) is 20.4 Å². The monoisotopic (exact) mass is 347 g/mol. The van der Waals surface area contributed by atoms with Crippen molar-refractivity contribution in [2.24, 2.45) is 5.41 Å². The lowest BCUT2D eigenvalue weighted by atomic mass is 9.96. The first kappa shape index (κ1) is 17.3. The maximum absolute atomic E-state index is 12.5. The van der Waals surface area contributed by atoms with Crippen LogP contribution in [-0.4, -0.2) is 67.0 Å². The van der Waals surface area contributed by atoms with E-state index in [4.69, 9.17) is 0 Å². The number of hydrogen-bond donors (Lipinski definition) is 1. The van der Waals surface area contributed by atoms with Crippen LogP contribution in [0.15, 0.2) is 4.34 Å². The molecule has 0 aromatic carbocycles. The van der Waals surface area contributed by atoms with E-state index in [1.165, 1.54) is 4.31 Å². The molecule has 0 bridgehead atoms. The summed E-state index contributed by atoms with van der Waals surface area (Å²) >= 11 is 0.881. The van der Waals surface area contributed by atoms with Gasteiger partial charge in [0.1, 0.15) is 0 Å². The molecule has 1 fully saturated rings. The van der Waals surface area contributed by atoms with Gasteiger partial charge in [-0.3, -0.25) is 4.79 Å². The van der Waals surface area contributed by atoms with Gasteiger partial charge in [0.05, 0.1) is 0 Å². The van der Waals surface area contributed by atoms with Gasteiger partial charge >= 0.3 is 0 Å². The fourth-order valence-electron chi connectivity index (χ4n) is 1.79. The highest BCUT2D eigenvalue weighted by Crippen LogP contribution is 2.25. The number of amides is 1. The fraction of sp³-hybridized carbons (Fsp3) is 0.750. The Morgan fingerprint density at radius 3 is 2.32 bits per heavy atom. The highest BCUT2D eigenvalue weighted by atomic mass is 32.2. The Balaban J connectivity index is 2.12. The Hall–Kier alpha value is -1.10. The number of piperazine rings is 1. The molecule has 8 nitrogen and oxygen atoms in total. The minimum Gasteiger partial charge on any atom is -0.304 e. The zero-order valence-electron chi connectivity index (χ0n) is 13.2. The molecule has 1 saturated heterocycles. The second-order valence-corrected chi connectivity index (χ2v) is 9.37. The quantitative estimate of drug-likeness (QED) is 0.798. The predicted molar refractivity (Wildman–Crippen MR) is 84.2 cm³/mol. The van der Waals surface area contributed by atoms with E-state index >= 15 is 0 Å². The fourth-order valence-corrected chi connectivity index (χ4v) is 4.24. The topological polar surface area (TPSA) is 95.5 Å². The van der Waals surface area contributed by atoms with Crippen molar-refractivity contribution in [3.63, 3.8) is 0 Å². The molecule has 1 N–H and O–H groups in total. The Morgan fingerprint density at radius 2 is 1.77 bits per heavy atom. The minimum absolute atomic E-state index is 0.0822. The Kier molecular flexibility index (Phi) is 4.85. The van der Waals surface area contributed by atoms with E-state index in [9.17, 15) is 13.2 Å². The molecule has 10 heteroatoms. The second kappa shape index (κ2) is 6.19. The first-order valence-electron chi connectivity index (χ1n) is 6.94. The van der Waals surface area contributed by atoms with Gasteiger partial charge in [-0.1, -0.05) is 32.1 Å². The van der Waals surface area contributed by atoms with Gasteiger partial charge in [-0.25, -0.2) is 8.42 Å². The molecule has 2 heterocycles. The SMILES string of the molecule is CN1CCN(S(=O)(=O)c2nnc(NC(=O)C(C)(C)C)s2)CC1. The summed E-state index contributed by atoms with van der Waals surface area (Å²) in [5.74, 6) is -0.229. The number of carbonyl (C=O) groups excluding carboxylic acids is 1. The van der Waals surface area contributed by atoms with Crippen LogP contribution in [0.1, 0.15) is 20.8 Å². The van der Waals surface area contributed by atoms with E-state index in [0.717, 1.165) is 11.3 Å². The van der Waals surface area contributed by atoms with E-state index < -0.39 is 15.4 Å². The van der Waals surface area contributed by atoms with Crippen molar-refractivity contribution in [2.45, 2.75) is 25.1 Å². The molecule has 2 rings (SSSR count). The molecule has 1 aromatic heterocycles. The first-order chi connectivity index (χ1) is 10.1. The molecule has 0 saturated carbocycles. The van der Waals surface area contributed by atoms with Crippen molar-refractivity contribution >= 4 is 32.4 Å². The molecule has 1 aliphatic rings. The number of anilines is 1. The summed E-state index contributed by atoms with van der Waals surface area (Å²) in [6.45, 7) is 7.54. The van der Waals surface area contributed by atoms with Crippen LogP contribution in [0.3, 0.4) is 0 Å². The van der Waals surface area contributed by atoms with Crippen molar-refractivity contribution in [2.75, 3.05) is 38.5 Å². The van der Waals surface area contributed by atoms with Crippen LogP contribution < -0.4 is 5.32 Å². The van der Waals surface area contributed by atoms with Gasteiger partial charge in [-0.05, 0) is 7.05 Å². The van der Waals surface area contributed by atoms with Crippen molar-refractivity contribution in [3.05, 3.63) is 0 Å². The first-order valence-corrected chi connectivity index (χ1v) is 9.20. The summed E-state index contributed by atoms with van der Waals surface area (Å²) in [6, 6.07) is 0. The lowest BCUT2D eigenvalue weighted by molar-refractivity contribution is -0.123. The van der Waals surface area contributed by atoms with Crippen LogP contribution in [0.25, 0.3) is 0 Å². The normalized spacial score (nSPS) is 18.4. The van der Waals surface area contributed by atoms with Crippen LogP contribution in [-0.2, 0) is 14.8 Å². The average molecular weight is 347 g/mol. The third kappa shape index (κ3) is 3.80. The van der Waals surface area contributed by atoms with Gasteiger partial charge in [0, 0.05) is 31.6 Å². The largest absolute Gasteiger partial charge is 0.304 e. The summed E-state index contributed by atoms with van der Waals surface area (Å²) in [4.78, 5) is 14.0. The molecule has 0 aliphatic carbocycles. The molecule has 1 amide bonds. The number of rotatable bonds is 3. The Morgan fingerprint density at radius 1 is 1.18 bits per heavy atom. The number of likely N-dealkylation sites (N-methyl/N-ethyl adjacent to an activating group) is 1. The van der Waals surface area contributed by atoms with Crippen molar-refractivity contribution < 1.29 is 13.2 Å². The Labute approximate surface area is 134 Å². The lowest BCUT2D eigenvalue weighted by Gasteiger charge is -2.30. The highest BCUT2D eigenvalue weighted by molar-refractivity contribution is 7.91. The van der Waals surface area contributed by atoms with Crippen LogP contribution in [0, 0.1) is 5.41 Å². The van der Waals surface area contributed by atoms with Gasteiger partial charge in [-0.2, -0.15) is 4.31 Å². The second-order valence-electron chi connectivity index (χ2n) is 6.28. The number of nitrogens with one attached hydrogen (secondary N) is 1. The van der Waals surface area contributed by atoms with Gasteiger partial charge < -0.3 is 10.2 Å². The van der Waals surface area contributed by atoms with Gasteiger partial charge in [0.2, 0.25) is 15.4 Å². The maximum Gasteiger partial charge on any atom is 0.272 e. The summed E-state index contributed by atoms with van der Waals surface area (Å²) in [5, 5.41) is 10.3. The van der Waals surface area contributed by atoms with Crippen LogP contribution in [0.2, 0.25) is 0 Å². The third-order valence-corrected chi connectivity index (χ3v) is 6.41. The molecular weight excluding hydrogens is 326 g/mol. The van der Waals surface area contributed by atoms with Crippen molar-refractivity contribution in [1.82, 2.24) is 19.4 Å². The van der Waals surface area contributed by atoms with Crippen molar-refractivity contribution in [3.8, 4) is 0 Å². The molecular formula is C12H21N5O3S2. The molecule has 1 aromatic rings. The van der Waals surface area contributed by atoms with Crippen LogP contribution in [0.4, 0.5) is 5.13 Å². The maximum atomic E-state index is 12.5. The van der Waals surface area contributed by atoms with Crippen molar-refractivity contribution in [1.29, 1.82) is 0 Å². The third-order valence-electron chi connectivity index (χ3n) is 3.33. The van der Waals surface area contributed by atoms with Gasteiger partial charge in [0.15, 0.2) is 0 Å². The van der Waals surface area contributed by atoms with E-state index in [0.29, 0.717) is 26.2 Å². The van der Waals surface area contributed by atoms with E-state index in [1.807, 2.05) is 7.05 Å². The number of hydrogen-bond acceptors (Lipinski definition) is 7. The molecule has 0 spiro atoms. The zero-order chi connectivity index (χ0) is 16.5. The highest BCUT2D eigenvalue weighted by Gasteiger charge is 2.31. The molecule has 124 valence electrons. The zero-order valence-corrected chi connectivity index (χ0v) is 14.8. The minimum atomic E-state index is -3.64. The van der Waals surface area contributed by atoms with Gasteiger partial charge in [-0.15, -0.1) is 10.2 Å². The molecule has 0 unspecified atom stereocenters. The standard InChI is InChI=1S/C12H21N5O3S2/c1-12(2,3)9(18)13-10-14-15-11(21-10)22(19,20)17-7-5-16(4)6-8-17/h5-8H2,1-4H3,(H,13,14,18). The summed E-state index contributed by atoms with van der Waals surface area (Å²) in [5.41, 5.74) is -0.581. The lowest BCUT2D eigenvalue weighted by Crippen LogP contribution is -2.46. The molecule has 0 atom stereocenters. The predicted octanol–water partition coefficient (Wildman–Crippen LogP) is 0.459. The summed E-state index contributed by atoms with van der Waals surface area (Å²) < 4.78 is 26.3. The number of sulfonamides is 1. The van der Waals surface area contributed by atoms with E-state index in [-0.39, 0.29) is 15.4 Å². The summed E-state index contributed by atoms with van der Waals surface area (Å²) in [6.07, 6.45) is 0. The average Bonchev–Trinajstić information content (AvgIpc) is 2.87.